The number of carbonyl (C=O) groups excluding carboxylic acids is 1. The van der Waals surface area contributed by atoms with Crippen molar-refractivity contribution in [3.05, 3.63) is 54.1 Å². The zero-order valence-corrected chi connectivity index (χ0v) is 17.0. The van der Waals surface area contributed by atoms with Gasteiger partial charge in [0, 0.05) is 23.7 Å². The molecule has 1 amide bonds. The van der Waals surface area contributed by atoms with Gasteiger partial charge in [0.2, 0.25) is 5.91 Å². The van der Waals surface area contributed by atoms with Crippen molar-refractivity contribution in [3.63, 3.8) is 0 Å². The molecule has 0 aliphatic carbocycles. The number of amides is 1. The first-order valence-corrected chi connectivity index (χ1v) is 10.5. The third-order valence-corrected chi connectivity index (χ3v) is 5.58. The van der Waals surface area contributed by atoms with Crippen molar-refractivity contribution in [2.75, 3.05) is 44.7 Å². The Bertz CT molecular complexity index is 819. The minimum atomic E-state index is -0.282. The van der Waals surface area contributed by atoms with E-state index in [0.29, 0.717) is 13.2 Å². The molecule has 2 aliphatic heterocycles. The van der Waals surface area contributed by atoms with E-state index in [0.717, 1.165) is 56.3 Å². The first-order chi connectivity index (χ1) is 14.2. The molecule has 0 unspecified atom stereocenters. The second kappa shape index (κ2) is 9.18. The van der Waals surface area contributed by atoms with Crippen molar-refractivity contribution >= 4 is 11.6 Å². The lowest BCUT2D eigenvalue weighted by atomic mass is 10.2. The van der Waals surface area contributed by atoms with E-state index in [9.17, 15) is 4.79 Å². The van der Waals surface area contributed by atoms with Gasteiger partial charge in [-0.05, 0) is 19.1 Å². The Balaban J connectivity index is 1.29. The molecule has 0 saturated carbocycles. The summed E-state index contributed by atoms with van der Waals surface area (Å²) in [7, 11) is 0. The summed E-state index contributed by atoms with van der Waals surface area (Å²) in [6, 6.07) is 16.1. The number of rotatable bonds is 5. The molecule has 1 saturated heterocycles. The van der Waals surface area contributed by atoms with E-state index >= 15 is 0 Å². The number of fused-ring (bicyclic) bond motifs is 1. The molecule has 2 N–H and O–H groups in total. The number of ether oxygens (including phenoxy) is 2. The van der Waals surface area contributed by atoms with Gasteiger partial charge in [-0.25, -0.2) is 0 Å². The summed E-state index contributed by atoms with van der Waals surface area (Å²) >= 11 is 0. The molecule has 154 valence electrons. The minimum Gasteiger partial charge on any atom is -0.490 e. The van der Waals surface area contributed by atoms with Gasteiger partial charge in [0.15, 0.2) is 11.5 Å². The number of anilines is 1. The van der Waals surface area contributed by atoms with Crippen LogP contribution in [-0.4, -0.2) is 56.2 Å². The van der Waals surface area contributed by atoms with Gasteiger partial charge >= 0.3 is 0 Å². The SMILES string of the molecule is C[C@H](Nc1ccc2c(c1)OCCCO2)C(=O)N1CC[NH+](Cc2ccccc2)CC1. The van der Waals surface area contributed by atoms with Crippen LogP contribution >= 0.6 is 0 Å². The highest BCUT2D eigenvalue weighted by molar-refractivity contribution is 5.84. The van der Waals surface area contributed by atoms with Crippen LogP contribution in [0.25, 0.3) is 0 Å². The Morgan fingerprint density at radius 1 is 1.07 bits per heavy atom. The van der Waals surface area contributed by atoms with Gasteiger partial charge in [-0.15, -0.1) is 0 Å². The lowest BCUT2D eigenvalue weighted by Crippen LogP contribution is -3.13. The summed E-state index contributed by atoms with van der Waals surface area (Å²) in [5, 5.41) is 3.33. The fourth-order valence-electron chi connectivity index (χ4n) is 3.94. The van der Waals surface area contributed by atoms with Gasteiger partial charge in [-0.3, -0.25) is 4.79 Å². The smallest absolute Gasteiger partial charge is 0.245 e. The predicted molar refractivity (Wildman–Crippen MR) is 113 cm³/mol. The maximum Gasteiger partial charge on any atom is 0.245 e. The summed E-state index contributed by atoms with van der Waals surface area (Å²) in [5.74, 6) is 1.66. The Hall–Kier alpha value is -2.73. The van der Waals surface area contributed by atoms with Crippen LogP contribution in [-0.2, 0) is 11.3 Å². The number of hydrogen-bond acceptors (Lipinski definition) is 4. The van der Waals surface area contributed by atoms with Crippen molar-refractivity contribution in [2.45, 2.75) is 25.9 Å². The van der Waals surface area contributed by atoms with Crippen LogP contribution in [0.2, 0.25) is 0 Å². The van der Waals surface area contributed by atoms with Crippen LogP contribution in [0, 0.1) is 0 Å². The van der Waals surface area contributed by atoms with Crippen LogP contribution in [0.4, 0.5) is 5.69 Å². The van der Waals surface area contributed by atoms with Crippen LogP contribution in [0.3, 0.4) is 0 Å². The lowest BCUT2D eigenvalue weighted by Gasteiger charge is -2.34. The number of hydrogen-bond donors (Lipinski definition) is 2. The maximum atomic E-state index is 12.9. The normalized spacial score (nSPS) is 18.0. The van der Waals surface area contributed by atoms with Crippen molar-refractivity contribution in [3.8, 4) is 11.5 Å². The third-order valence-electron chi connectivity index (χ3n) is 5.58. The molecule has 6 nitrogen and oxygen atoms in total. The molecule has 2 aromatic rings. The average molecular weight is 397 g/mol. The molecule has 6 heteroatoms. The summed E-state index contributed by atoms with van der Waals surface area (Å²) in [6.45, 7) is 7.84. The molecular formula is C23H30N3O3+. The molecule has 2 heterocycles. The van der Waals surface area contributed by atoms with Gasteiger partial charge in [0.05, 0.1) is 39.4 Å². The summed E-state index contributed by atoms with van der Waals surface area (Å²) in [5.41, 5.74) is 2.23. The zero-order valence-electron chi connectivity index (χ0n) is 17.0. The van der Waals surface area contributed by atoms with Gasteiger partial charge in [-0.1, -0.05) is 30.3 Å². The second-order valence-electron chi connectivity index (χ2n) is 7.82. The molecule has 29 heavy (non-hydrogen) atoms. The topological polar surface area (TPSA) is 55.2 Å². The van der Waals surface area contributed by atoms with E-state index in [1.807, 2.05) is 36.1 Å². The number of nitrogens with one attached hydrogen (secondary N) is 2. The standard InChI is InChI=1S/C23H29N3O3/c1-18(24-20-8-9-21-22(16-20)29-15-5-14-28-21)23(27)26-12-10-25(11-13-26)17-19-6-3-2-4-7-19/h2-4,6-9,16,18,24H,5,10-15,17H2,1H3/p+1/t18-/m0/s1. The average Bonchev–Trinajstić information content (AvgIpc) is 2.99. The minimum absolute atomic E-state index is 0.149. The van der Waals surface area contributed by atoms with Crippen LogP contribution < -0.4 is 19.7 Å². The molecule has 2 aromatic carbocycles. The molecule has 4 rings (SSSR count). The maximum absolute atomic E-state index is 12.9. The lowest BCUT2D eigenvalue weighted by molar-refractivity contribution is -0.917. The third kappa shape index (κ3) is 5.01. The molecule has 0 radical (unpaired) electrons. The second-order valence-corrected chi connectivity index (χ2v) is 7.82. The summed E-state index contributed by atoms with van der Waals surface area (Å²) in [4.78, 5) is 16.4. The zero-order chi connectivity index (χ0) is 20.1. The fourth-order valence-corrected chi connectivity index (χ4v) is 3.94. The number of carbonyl (C=O) groups is 1. The highest BCUT2D eigenvalue weighted by Crippen LogP contribution is 2.32. The fraction of sp³-hybridized carbons (Fsp3) is 0.435. The van der Waals surface area contributed by atoms with Crippen molar-refractivity contribution in [2.24, 2.45) is 0 Å². The number of quaternary nitrogens is 1. The molecule has 0 aromatic heterocycles. The first-order valence-electron chi connectivity index (χ1n) is 10.5. The predicted octanol–water partition coefficient (Wildman–Crippen LogP) is 1.58. The van der Waals surface area contributed by atoms with E-state index < -0.39 is 0 Å². The Kier molecular flexibility index (Phi) is 6.20. The quantitative estimate of drug-likeness (QED) is 0.806. The van der Waals surface area contributed by atoms with Gasteiger partial charge in [0.25, 0.3) is 0 Å². The molecule has 0 spiro atoms. The highest BCUT2D eigenvalue weighted by Gasteiger charge is 2.27. The molecule has 1 fully saturated rings. The Morgan fingerprint density at radius 2 is 1.79 bits per heavy atom. The van der Waals surface area contributed by atoms with E-state index in [1.54, 1.807) is 0 Å². The van der Waals surface area contributed by atoms with E-state index in [4.69, 9.17) is 9.47 Å². The Morgan fingerprint density at radius 3 is 2.55 bits per heavy atom. The van der Waals surface area contributed by atoms with Crippen molar-refractivity contribution < 1.29 is 19.2 Å². The van der Waals surface area contributed by atoms with Crippen LogP contribution in [0.5, 0.6) is 11.5 Å². The first kappa shape index (κ1) is 19.6. The number of nitrogens with zero attached hydrogens (tertiary/aromatic N) is 1. The summed E-state index contributed by atoms with van der Waals surface area (Å²) < 4.78 is 11.4. The van der Waals surface area contributed by atoms with Crippen LogP contribution in [0.1, 0.15) is 18.9 Å². The van der Waals surface area contributed by atoms with E-state index in [2.05, 4.69) is 29.6 Å². The largest absolute Gasteiger partial charge is 0.490 e. The van der Waals surface area contributed by atoms with Crippen molar-refractivity contribution in [1.82, 2.24) is 4.90 Å². The van der Waals surface area contributed by atoms with Crippen molar-refractivity contribution in [1.29, 1.82) is 0 Å². The Labute approximate surface area is 172 Å². The molecule has 0 bridgehead atoms. The van der Waals surface area contributed by atoms with E-state index in [-0.39, 0.29) is 11.9 Å². The van der Waals surface area contributed by atoms with Crippen LogP contribution in [0.15, 0.2) is 48.5 Å². The number of benzene rings is 2. The van der Waals surface area contributed by atoms with E-state index in [1.165, 1.54) is 10.5 Å². The summed E-state index contributed by atoms with van der Waals surface area (Å²) in [6.07, 6.45) is 0.880. The number of piperazine rings is 1. The highest BCUT2D eigenvalue weighted by atomic mass is 16.5. The molecular weight excluding hydrogens is 366 g/mol. The molecule has 2 aliphatic rings. The van der Waals surface area contributed by atoms with Gasteiger partial charge in [0.1, 0.15) is 12.6 Å². The monoisotopic (exact) mass is 396 g/mol. The van der Waals surface area contributed by atoms with Gasteiger partial charge < -0.3 is 24.6 Å². The molecule has 1 atom stereocenters. The van der Waals surface area contributed by atoms with Gasteiger partial charge in [-0.2, -0.15) is 0 Å².